The van der Waals surface area contributed by atoms with Gasteiger partial charge in [-0.05, 0) is 72.1 Å². The van der Waals surface area contributed by atoms with E-state index in [0.29, 0.717) is 0 Å². The van der Waals surface area contributed by atoms with Crippen LogP contribution in [0.1, 0.15) is 22.8 Å². The summed E-state index contributed by atoms with van der Waals surface area (Å²) in [5.74, 6) is 0.832. The molecule has 1 unspecified atom stereocenters. The highest BCUT2D eigenvalue weighted by Crippen LogP contribution is 2.59. The third-order valence-electron chi connectivity index (χ3n) is 6.78. The van der Waals surface area contributed by atoms with Crippen molar-refractivity contribution >= 4 is 23.4 Å². The zero-order valence-corrected chi connectivity index (χ0v) is 22.2. The molecule has 0 aromatic heterocycles. The highest BCUT2D eigenvalue weighted by Gasteiger charge is 2.50. The van der Waals surface area contributed by atoms with Crippen molar-refractivity contribution < 1.29 is 9.26 Å². The summed E-state index contributed by atoms with van der Waals surface area (Å²) in [5, 5.41) is 3.60. The van der Waals surface area contributed by atoms with E-state index in [1.54, 1.807) is 7.11 Å². The molecule has 0 N–H and O–H groups in total. The first kappa shape index (κ1) is 25.0. The van der Waals surface area contributed by atoms with Crippen LogP contribution in [0.2, 0.25) is 0 Å². The van der Waals surface area contributed by atoms with E-state index in [1.807, 2.05) is 6.07 Å². The predicted molar refractivity (Wildman–Crippen MR) is 157 cm³/mol. The van der Waals surface area contributed by atoms with Gasteiger partial charge < -0.3 is 4.74 Å². The number of hydrogen-bond donors (Lipinski definition) is 0. The van der Waals surface area contributed by atoms with Crippen LogP contribution in [-0.2, 0) is 10.9 Å². The molecular weight excluding hydrogens is 471 g/mol. The molecule has 1 atom stereocenters. The lowest BCUT2D eigenvalue weighted by Gasteiger charge is -2.30. The fourth-order valence-corrected chi connectivity index (χ4v) is 8.44. The summed E-state index contributed by atoms with van der Waals surface area (Å²) in [4.78, 5) is 0. The van der Waals surface area contributed by atoms with Gasteiger partial charge in [0.05, 0.1) is 7.11 Å². The Bertz CT molecular complexity index is 1320. The number of hydrogen-bond acceptors (Lipinski definition) is 2. The first-order chi connectivity index (χ1) is 18.2. The second-order valence-corrected chi connectivity index (χ2v) is 12.1. The molecule has 0 fully saturated rings. The summed E-state index contributed by atoms with van der Waals surface area (Å²) in [5.41, 5.74) is 3.65. The van der Waals surface area contributed by atoms with E-state index >= 15 is 0 Å². The fourth-order valence-electron chi connectivity index (χ4n) is 4.83. The normalized spacial score (nSPS) is 12.2. The molecular formula is C34H32O2P+. The number of methoxy groups -OCH3 is 1. The monoisotopic (exact) mass is 503 g/mol. The molecule has 184 valence electrons. The maximum absolute atomic E-state index is 7.60. The Morgan fingerprint density at radius 3 is 1.62 bits per heavy atom. The second kappa shape index (κ2) is 11.6. The average Bonchev–Trinajstić information content (AvgIpc) is 2.98. The SMILES string of the molecule is COc1cccc(C(Cc2ccccc2C)O[P+](c2ccccc2)(c2ccccc2)c2ccccc2)c1. The van der Waals surface area contributed by atoms with Gasteiger partial charge in [-0.1, -0.05) is 91.0 Å². The predicted octanol–water partition coefficient (Wildman–Crippen LogP) is 7.21. The van der Waals surface area contributed by atoms with Gasteiger partial charge in [0.2, 0.25) is 7.49 Å². The van der Waals surface area contributed by atoms with Crippen LogP contribution in [-0.4, -0.2) is 7.11 Å². The zero-order valence-electron chi connectivity index (χ0n) is 21.3. The van der Waals surface area contributed by atoms with Crippen molar-refractivity contribution in [3.05, 3.63) is 156 Å². The molecule has 0 saturated carbocycles. The average molecular weight is 504 g/mol. The van der Waals surface area contributed by atoms with E-state index in [-0.39, 0.29) is 6.10 Å². The molecule has 0 aliphatic heterocycles. The maximum atomic E-state index is 7.60. The van der Waals surface area contributed by atoms with Crippen molar-refractivity contribution in [2.24, 2.45) is 0 Å². The molecule has 2 nitrogen and oxygen atoms in total. The maximum Gasteiger partial charge on any atom is 0.243 e. The number of aryl methyl sites for hydroxylation is 1. The van der Waals surface area contributed by atoms with Crippen LogP contribution in [0.4, 0.5) is 0 Å². The first-order valence-corrected chi connectivity index (χ1v) is 14.3. The van der Waals surface area contributed by atoms with Crippen molar-refractivity contribution in [2.75, 3.05) is 7.11 Å². The minimum Gasteiger partial charge on any atom is -0.497 e. The van der Waals surface area contributed by atoms with Gasteiger partial charge in [0.25, 0.3) is 0 Å². The summed E-state index contributed by atoms with van der Waals surface area (Å²) in [6.45, 7) is 2.17. The summed E-state index contributed by atoms with van der Waals surface area (Å²) in [6.07, 6.45) is 0.568. The van der Waals surface area contributed by atoms with Crippen molar-refractivity contribution in [2.45, 2.75) is 19.4 Å². The lowest BCUT2D eigenvalue weighted by atomic mass is 9.98. The molecule has 37 heavy (non-hydrogen) atoms. The van der Waals surface area contributed by atoms with Crippen molar-refractivity contribution in [1.29, 1.82) is 0 Å². The number of rotatable bonds is 9. The van der Waals surface area contributed by atoms with Crippen LogP contribution in [0, 0.1) is 6.92 Å². The van der Waals surface area contributed by atoms with Crippen LogP contribution in [0.3, 0.4) is 0 Å². The quantitative estimate of drug-likeness (QED) is 0.198. The first-order valence-electron chi connectivity index (χ1n) is 12.6. The third kappa shape index (κ3) is 5.37. The van der Waals surface area contributed by atoms with Crippen LogP contribution in [0.5, 0.6) is 5.75 Å². The Morgan fingerprint density at radius 2 is 1.11 bits per heavy atom. The van der Waals surface area contributed by atoms with E-state index in [1.165, 1.54) is 27.0 Å². The molecule has 0 radical (unpaired) electrons. The molecule has 0 bridgehead atoms. The van der Waals surface area contributed by atoms with E-state index < -0.39 is 7.49 Å². The lowest BCUT2D eigenvalue weighted by Crippen LogP contribution is -2.34. The summed E-state index contributed by atoms with van der Waals surface area (Å²) < 4.78 is 13.2. The van der Waals surface area contributed by atoms with E-state index in [4.69, 9.17) is 9.26 Å². The topological polar surface area (TPSA) is 18.5 Å². The lowest BCUT2D eigenvalue weighted by molar-refractivity contribution is 0.231. The van der Waals surface area contributed by atoms with Gasteiger partial charge >= 0.3 is 0 Å². The van der Waals surface area contributed by atoms with Gasteiger partial charge in [0.15, 0.2) is 0 Å². The number of benzene rings is 5. The molecule has 0 heterocycles. The molecule has 0 saturated heterocycles. The molecule has 0 aliphatic rings. The van der Waals surface area contributed by atoms with Crippen molar-refractivity contribution in [3.8, 4) is 5.75 Å². The standard InChI is InChI=1S/C34H32O2P/c1-27-15-12-13-16-28(27)26-34(29-17-14-18-30(25-29)35-2)36-37(31-19-6-3-7-20-31,32-21-8-4-9-22-32)33-23-10-5-11-24-33/h3-25,34H,26H2,1-2H3/q+1. The Hall–Kier alpha value is -3.71. The third-order valence-corrected chi connectivity index (χ3v) is 10.4. The minimum atomic E-state index is -2.49. The highest BCUT2D eigenvalue weighted by molar-refractivity contribution is 7.91. The van der Waals surface area contributed by atoms with E-state index in [2.05, 4.69) is 140 Å². The fraction of sp³-hybridized carbons (Fsp3) is 0.118. The van der Waals surface area contributed by atoms with Crippen molar-refractivity contribution in [1.82, 2.24) is 0 Å². The van der Waals surface area contributed by atoms with E-state index in [0.717, 1.165) is 17.7 Å². The molecule has 0 spiro atoms. The van der Waals surface area contributed by atoms with Gasteiger partial charge in [-0.3, -0.25) is 0 Å². The number of ether oxygens (including phenoxy) is 1. The molecule has 3 heteroatoms. The Kier molecular flexibility index (Phi) is 7.80. The minimum absolute atomic E-state index is 0.190. The molecule has 0 amide bonds. The van der Waals surface area contributed by atoms with E-state index in [9.17, 15) is 0 Å². The smallest absolute Gasteiger partial charge is 0.243 e. The summed E-state index contributed by atoms with van der Waals surface area (Å²) >= 11 is 0. The largest absolute Gasteiger partial charge is 0.497 e. The Labute approximate surface area is 221 Å². The Balaban J connectivity index is 1.74. The van der Waals surface area contributed by atoms with Crippen LogP contribution >= 0.6 is 7.49 Å². The Morgan fingerprint density at radius 1 is 0.595 bits per heavy atom. The highest BCUT2D eigenvalue weighted by atomic mass is 31.2. The van der Waals surface area contributed by atoms with Gasteiger partial charge in [0.1, 0.15) is 27.8 Å². The summed E-state index contributed by atoms with van der Waals surface area (Å²) in [6, 6.07) is 49.0. The van der Waals surface area contributed by atoms with Crippen molar-refractivity contribution in [3.63, 3.8) is 0 Å². The van der Waals surface area contributed by atoms with Crippen LogP contribution in [0.15, 0.2) is 140 Å². The van der Waals surface area contributed by atoms with Gasteiger partial charge in [-0.2, -0.15) is 0 Å². The van der Waals surface area contributed by atoms with Gasteiger partial charge in [0, 0.05) is 6.42 Å². The molecule has 0 aliphatic carbocycles. The van der Waals surface area contributed by atoms with Crippen LogP contribution in [0.25, 0.3) is 0 Å². The molecule has 5 aromatic rings. The molecule has 5 aromatic carbocycles. The van der Waals surface area contributed by atoms with Gasteiger partial charge in [-0.15, -0.1) is 0 Å². The zero-order chi connectivity index (χ0) is 25.5. The summed E-state index contributed by atoms with van der Waals surface area (Å²) in [7, 11) is -0.778. The van der Waals surface area contributed by atoms with Crippen LogP contribution < -0.4 is 20.7 Å². The molecule has 5 rings (SSSR count). The van der Waals surface area contributed by atoms with Gasteiger partial charge in [-0.25, -0.2) is 4.52 Å². The second-order valence-electron chi connectivity index (χ2n) is 9.12.